The molecule has 3 heterocycles. The fraction of sp³-hybridized carbons (Fsp3) is 0.318. The topological polar surface area (TPSA) is 45.3 Å². The van der Waals surface area contributed by atoms with Crippen LogP contribution in [0.4, 0.5) is 0 Å². The summed E-state index contributed by atoms with van der Waals surface area (Å²) in [4.78, 5) is 19.2. The average Bonchev–Trinajstić information content (AvgIpc) is 3.38. The Labute approximate surface area is 163 Å². The third-order valence-corrected chi connectivity index (χ3v) is 6.16. The van der Waals surface area contributed by atoms with Gasteiger partial charge in [0.15, 0.2) is 0 Å². The largest absolute Gasteiger partial charge is 0.497 e. The van der Waals surface area contributed by atoms with Gasteiger partial charge in [-0.15, -0.1) is 11.3 Å². The van der Waals surface area contributed by atoms with Crippen molar-refractivity contribution in [3.63, 3.8) is 0 Å². The lowest BCUT2D eigenvalue weighted by molar-refractivity contribution is -0.130. The van der Waals surface area contributed by atoms with Crippen LogP contribution >= 0.6 is 11.3 Å². The first-order chi connectivity index (χ1) is 13.2. The first-order valence-electron chi connectivity index (χ1n) is 9.39. The number of fused-ring (bicyclic) bond motifs is 1. The molecular formula is C22H24N2O2S. The highest BCUT2D eigenvalue weighted by Crippen LogP contribution is 2.27. The summed E-state index contributed by atoms with van der Waals surface area (Å²) in [6, 6.07) is 10.3. The van der Waals surface area contributed by atoms with E-state index in [9.17, 15) is 4.79 Å². The molecule has 2 aromatic heterocycles. The van der Waals surface area contributed by atoms with Gasteiger partial charge in [-0.05, 0) is 60.0 Å². The SMILES string of the molecule is COc1ccc2[nH]cc(CCCC(=O)N3CC=C(c4cccs4)CC3)c2c1. The number of nitrogens with zero attached hydrogens (tertiary/aromatic N) is 1. The summed E-state index contributed by atoms with van der Waals surface area (Å²) in [5, 5.41) is 3.29. The zero-order valence-electron chi connectivity index (χ0n) is 15.5. The number of thiophene rings is 1. The molecule has 0 aliphatic carbocycles. The van der Waals surface area contributed by atoms with Gasteiger partial charge in [0, 0.05) is 41.5 Å². The smallest absolute Gasteiger partial charge is 0.222 e. The number of amides is 1. The molecule has 1 aromatic carbocycles. The van der Waals surface area contributed by atoms with Crippen molar-refractivity contribution in [3.05, 3.63) is 58.4 Å². The number of ether oxygens (including phenoxy) is 1. The molecule has 4 nitrogen and oxygen atoms in total. The number of hydrogen-bond donors (Lipinski definition) is 1. The Morgan fingerprint density at radius 2 is 2.26 bits per heavy atom. The molecule has 0 radical (unpaired) electrons. The average molecular weight is 381 g/mol. The van der Waals surface area contributed by atoms with Crippen molar-refractivity contribution in [1.29, 1.82) is 0 Å². The predicted octanol–water partition coefficient (Wildman–Crippen LogP) is 4.88. The molecule has 0 fully saturated rings. The van der Waals surface area contributed by atoms with Crippen molar-refractivity contribution in [2.24, 2.45) is 0 Å². The number of aryl methyl sites for hydroxylation is 1. The van der Waals surface area contributed by atoms with Gasteiger partial charge in [-0.1, -0.05) is 12.1 Å². The lowest BCUT2D eigenvalue weighted by Crippen LogP contribution is -2.34. The lowest BCUT2D eigenvalue weighted by Gasteiger charge is -2.26. The van der Waals surface area contributed by atoms with Crippen LogP contribution in [0.5, 0.6) is 5.75 Å². The maximum atomic E-state index is 12.6. The van der Waals surface area contributed by atoms with Gasteiger partial charge in [-0.2, -0.15) is 0 Å². The van der Waals surface area contributed by atoms with Crippen LogP contribution in [0.1, 0.15) is 29.7 Å². The van der Waals surface area contributed by atoms with Gasteiger partial charge < -0.3 is 14.6 Å². The van der Waals surface area contributed by atoms with Crippen LogP contribution in [0, 0.1) is 0 Å². The number of hydrogen-bond acceptors (Lipinski definition) is 3. The van der Waals surface area contributed by atoms with Crippen molar-refractivity contribution >= 4 is 33.7 Å². The van der Waals surface area contributed by atoms with Crippen LogP contribution in [0.15, 0.2) is 48.0 Å². The van der Waals surface area contributed by atoms with E-state index in [1.54, 1.807) is 18.4 Å². The van der Waals surface area contributed by atoms with E-state index in [1.165, 1.54) is 21.4 Å². The third-order valence-electron chi connectivity index (χ3n) is 5.21. The van der Waals surface area contributed by atoms with Crippen LogP contribution in [-0.4, -0.2) is 36.0 Å². The number of benzene rings is 1. The van der Waals surface area contributed by atoms with Crippen LogP contribution in [0.25, 0.3) is 16.5 Å². The predicted molar refractivity (Wildman–Crippen MR) is 111 cm³/mol. The summed E-state index contributed by atoms with van der Waals surface area (Å²) in [5.41, 5.74) is 3.73. The van der Waals surface area contributed by atoms with Crippen LogP contribution in [0.3, 0.4) is 0 Å². The molecule has 1 aliphatic rings. The zero-order chi connectivity index (χ0) is 18.6. The van der Waals surface area contributed by atoms with Crippen LogP contribution < -0.4 is 4.74 Å². The van der Waals surface area contributed by atoms with E-state index in [1.807, 2.05) is 23.2 Å². The van der Waals surface area contributed by atoms with Crippen molar-refractivity contribution in [3.8, 4) is 5.75 Å². The highest BCUT2D eigenvalue weighted by atomic mass is 32.1. The van der Waals surface area contributed by atoms with Gasteiger partial charge in [0.2, 0.25) is 5.91 Å². The van der Waals surface area contributed by atoms with E-state index in [2.05, 4.69) is 34.6 Å². The van der Waals surface area contributed by atoms with E-state index in [0.29, 0.717) is 6.42 Å². The summed E-state index contributed by atoms with van der Waals surface area (Å²) >= 11 is 1.77. The maximum absolute atomic E-state index is 12.6. The molecular weight excluding hydrogens is 356 g/mol. The molecule has 0 saturated heterocycles. The van der Waals surface area contributed by atoms with Gasteiger partial charge in [0.25, 0.3) is 0 Å². The summed E-state index contributed by atoms with van der Waals surface area (Å²) in [6.45, 7) is 1.56. The van der Waals surface area contributed by atoms with Gasteiger partial charge in [0.1, 0.15) is 5.75 Å². The first-order valence-corrected chi connectivity index (χ1v) is 10.3. The third kappa shape index (κ3) is 3.93. The maximum Gasteiger partial charge on any atom is 0.222 e. The Balaban J connectivity index is 1.31. The summed E-state index contributed by atoms with van der Waals surface area (Å²) < 4.78 is 5.32. The molecule has 5 heteroatoms. The Hall–Kier alpha value is -2.53. The highest BCUT2D eigenvalue weighted by Gasteiger charge is 2.18. The van der Waals surface area contributed by atoms with Gasteiger partial charge >= 0.3 is 0 Å². The number of nitrogens with one attached hydrogen (secondary N) is 1. The number of carbonyl (C=O) groups is 1. The second-order valence-corrected chi connectivity index (χ2v) is 7.82. The number of H-pyrrole nitrogens is 1. The second-order valence-electron chi connectivity index (χ2n) is 6.88. The fourth-order valence-corrected chi connectivity index (χ4v) is 4.46. The zero-order valence-corrected chi connectivity index (χ0v) is 16.3. The summed E-state index contributed by atoms with van der Waals surface area (Å²) in [7, 11) is 1.68. The molecule has 0 saturated carbocycles. The standard InChI is InChI=1S/C22H24N2O2S/c1-26-18-7-8-20-19(14-18)17(15-23-20)4-2-6-22(25)24-11-9-16(10-12-24)21-5-3-13-27-21/h3,5,7-9,13-15,23H,2,4,6,10-12H2,1H3. The van der Waals surface area contributed by atoms with Crippen LogP contribution in [0.2, 0.25) is 0 Å². The highest BCUT2D eigenvalue weighted by molar-refractivity contribution is 7.11. The molecule has 27 heavy (non-hydrogen) atoms. The molecule has 0 unspecified atom stereocenters. The number of methoxy groups -OCH3 is 1. The molecule has 4 rings (SSSR count). The number of rotatable bonds is 6. The second kappa shape index (κ2) is 8.01. The van der Waals surface area contributed by atoms with Crippen molar-refractivity contribution in [1.82, 2.24) is 9.88 Å². The molecule has 0 atom stereocenters. The van der Waals surface area contributed by atoms with E-state index in [-0.39, 0.29) is 5.91 Å². The van der Waals surface area contributed by atoms with Gasteiger partial charge in [-0.25, -0.2) is 0 Å². The Morgan fingerprint density at radius 3 is 3.00 bits per heavy atom. The summed E-state index contributed by atoms with van der Waals surface area (Å²) in [5.74, 6) is 1.12. The Bertz CT molecular complexity index is 956. The molecule has 1 aliphatic heterocycles. The molecule has 0 spiro atoms. The summed E-state index contributed by atoms with van der Waals surface area (Å²) in [6.07, 6.45) is 7.56. The van der Waals surface area contributed by atoms with E-state index in [4.69, 9.17) is 4.74 Å². The van der Waals surface area contributed by atoms with Crippen molar-refractivity contribution in [2.75, 3.05) is 20.2 Å². The lowest BCUT2D eigenvalue weighted by atomic mass is 10.0. The van der Waals surface area contributed by atoms with Gasteiger partial charge in [-0.3, -0.25) is 4.79 Å². The normalized spacial score (nSPS) is 14.4. The fourth-order valence-electron chi connectivity index (χ4n) is 3.66. The van der Waals surface area contributed by atoms with E-state index in [0.717, 1.165) is 43.6 Å². The molecule has 0 bridgehead atoms. The number of aromatic amines is 1. The van der Waals surface area contributed by atoms with Gasteiger partial charge in [0.05, 0.1) is 7.11 Å². The number of aromatic nitrogens is 1. The van der Waals surface area contributed by atoms with E-state index < -0.39 is 0 Å². The minimum atomic E-state index is 0.258. The molecule has 3 aromatic rings. The van der Waals surface area contributed by atoms with Crippen molar-refractivity contribution in [2.45, 2.75) is 25.7 Å². The number of carbonyl (C=O) groups excluding carboxylic acids is 1. The first kappa shape index (κ1) is 17.9. The quantitative estimate of drug-likeness (QED) is 0.663. The van der Waals surface area contributed by atoms with Crippen molar-refractivity contribution < 1.29 is 9.53 Å². The monoisotopic (exact) mass is 380 g/mol. The minimum Gasteiger partial charge on any atom is -0.497 e. The molecule has 140 valence electrons. The van der Waals surface area contributed by atoms with Crippen LogP contribution in [-0.2, 0) is 11.2 Å². The molecule has 1 amide bonds. The molecule has 1 N–H and O–H groups in total. The Kier molecular flexibility index (Phi) is 5.30. The minimum absolute atomic E-state index is 0.258. The Morgan fingerprint density at radius 1 is 1.33 bits per heavy atom. The van der Waals surface area contributed by atoms with E-state index >= 15 is 0 Å².